The second-order valence-corrected chi connectivity index (χ2v) is 7.96. The first-order valence-electron chi connectivity index (χ1n) is 8.59. The number of hydrogen-bond donors (Lipinski definition) is 1. The molecule has 1 aliphatic heterocycles. The lowest BCUT2D eigenvalue weighted by Gasteiger charge is -1.99. The predicted octanol–water partition coefficient (Wildman–Crippen LogP) is 4.35. The van der Waals surface area contributed by atoms with Gasteiger partial charge < -0.3 is 9.47 Å². The van der Waals surface area contributed by atoms with Gasteiger partial charge in [-0.05, 0) is 29.3 Å². The van der Waals surface area contributed by atoms with E-state index in [1.807, 2.05) is 36.4 Å². The summed E-state index contributed by atoms with van der Waals surface area (Å²) < 4.78 is 10.6. The van der Waals surface area contributed by atoms with Gasteiger partial charge in [-0.3, -0.25) is 10.1 Å². The summed E-state index contributed by atoms with van der Waals surface area (Å²) in [5, 5.41) is 12.3. The van der Waals surface area contributed by atoms with Gasteiger partial charge in [-0.25, -0.2) is 0 Å². The number of anilines is 1. The van der Waals surface area contributed by atoms with Gasteiger partial charge in [0.05, 0.1) is 0 Å². The van der Waals surface area contributed by atoms with E-state index in [-0.39, 0.29) is 12.7 Å². The van der Waals surface area contributed by atoms with E-state index >= 15 is 0 Å². The molecule has 1 amide bonds. The molecule has 0 bridgehead atoms. The first-order chi connectivity index (χ1) is 13.8. The SMILES string of the molecule is O=C(/C=C/c1ccc2c(c1)OCO2)Nc1nnc(CSCc2ccccc2)s1. The normalized spacial score (nSPS) is 12.4. The van der Waals surface area contributed by atoms with Crippen molar-refractivity contribution in [3.05, 3.63) is 70.7 Å². The molecule has 0 aliphatic carbocycles. The van der Waals surface area contributed by atoms with E-state index in [1.165, 1.54) is 23.0 Å². The molecule has 1 aromatic heterocycles. The standard InChI is InChI=1S/C20H17N3O3S2/c24-18(9-7-14-6-8-16-17(10-14)26-13-25-16)21-20-23-22-19(28-20)12-27-11-15-4-2-1-3-5-15/h1-10H,11-13H2,(H,21,23,24)/b9-7+. The molecule has 2 aromatic carbocycles. The monoisotopic (exact) mass is 411 g/mol. The van der Waals surface area contributed by atoms with Crippen molar-refractivity contribution in [1.29, 1.82) is 0 Å². The smallest absolute Gasteiger partial charge is 0.250 e. The average molecular weight is 412 g/mol. The number of ether oxygens (including phenoxy) is 2. The van der Waals surface area contributed by atoms with Crippen LogP contribution < -0.4 is 14.8 Å². The van der Waals surface area contributed by atoms with E-state index in [4.69, 9.17) is 9.47 Å². The Bertz CT molecular complexity index is 989. The number of aromatic nitrogens is 2. The van der Waals surface area contributed by atoms with Crippen molar-refractivity contribution in [2.45, 2.75) is 11.5 Å². The molecule has 0 unspecified atom stereocenters. The molecule has 6 nitrogen and oxygen atoms in total. The average Bonchev–Trinajstić information content (AvgIpc) is 3.36. The second-order valence-electron chi connectivity index (χ2n) is 5.91. The molecule has 0 saturated carbocycles. The highest BCUT2D eigenvalue weighted by atomic mass is 32.2. The van der Waals surface area contributed by atoms with Crippen molar-refractivity contribution in [3.8, 4) is 11.5 Å². The lowest BCUT2D eigenvalue weighted by Crippen LogP contribution is -2.07. The number of nitrogens with zero attached hydrogens (tertiary/aromatic N) is 2. The van der Waals surface area contributed by atoms with Crippen LogP contribution in [0.1, 0.15) is 16.1 Å². The number of carbonyl (C=O) groups excluding carboxylic acids is 1. The second kappa shape index (κ2) is 8.90. The number of rotatable bonds is 7. The third kappa shape index (κ3) is 4.90. The first-order valence-corrected chi connectivity index (χ1v) is 10.6. The van der Waals surface area contributed by atoms with Gasteiger partial charge in [0.25, 0.3) is 0 Å². The quantitative estimate of drug-likeness (QED) is 0.583. The summed E-state index contributed by atoms with van der Waals surface area (Å²) in [6.07, 6.45) is 3.18. The Morgan fingerprint density at radius 1 is 1.11 bits per heavy atom. The molecule has 4 rings (SSSR count). The molecule has 0 spiro atoms. The maximum atomic E-state index is 12.1. The fourth-order valence-electron chi connectivity index (χ4n) is 2.53. The maximum absolute atomic E-state index is 12.1. The number of nitrogens with one attached hydrogen (secondary N) is 1. The molecule has 2 heterocycles. The molecule has 0 fully saturated rings. The van der Waals surface area contributed by atoms with E-state index < -0.39 is 0 Å². The highest BCUT2D eigenvalue weighted by Gasteiger charge is 2.12. The van der Waals surface area contributed by atoms with Gasteiger partial charge in [-0.15, -0.1) is 22.0 Å². The Labute approximate surface area is 170 Å². The van der Waals surface area contributed by atoms with Gasteiger partial charge in [0.2, 0.25) is 17.8 Å². The fourth-order valence-corrected chi connectivity index (χ4v) is 4.32. The number of hydrogen-bond acceptors (Lipinski definition) is 7. The molecule has 142 valence electrons. The van der Waals surface area contributed by atoms with Gasteiger partial charge in [0, 0.05) is 17.6 Å². The largest absolute Gasteiger partial charge is 0.454 e. The van der Waals surface area contributed by atoms with E-state index in [9.17, 15) is 4.79 Å². The van der Waals surface area contributed by atoms with Crippen LogP contribution in [0.2, 0.25) is 0 Å². The van der Waals surface area contributed by atoms with Crippen molar-refractivity contribution in [2.75, 3.05) is 12.1 Å². The van der Waals surface area contributed by atoms with E-state index in [1.54, 1.807) is 17.8 Å². The van der Waals surface area contributed by atoms with Gasteiger partial charge in [-0.1, -0.05) is 47.7 Å². The lowest BCUT2D eigenvalue weighted by atomic mass is 10.2. The fraction of sp³-hybridized carbons (Fsp3) is 0.150. The predicted molar refractivity (Wildman–Crippen MR) is 112 cm³/mol. The number of thioether (sulfide) groups is 1. The highest BCUT2D eigenvalue weighted by Crippen LogP contribution is 2.32. The van der Waals surface area contributed by atoms with Crippen molar-refractivity contribution in [2.24, 2.45) is 0 Å². The zero-order valence-electron chi connectivity index (χ0n) is 14.8. The third-order valence-electron chi connectivity index (χ3n) is 3.86. The summed E-state index contributed by atoms with van der Waals surface area (Å²) in [5.41, 5.74) is 2.13. The molecule has 0 saturated heterocycles. The molecule has 1 aliphatic rings. The topological polar surface area (TPSA) is 73.3 Å². The van der Waals surface area contributed by atoms with Gasteiger partial charge in [0.15, 0.2) is 11.5 Å². The molecule has 8 heteroatoms. The zero-order chi connectivity index (χ0) is 19.2. The summed E-state index contributed by atoms with van der Waals surface area (Å²) in [7, 11) is 0. The van der Waals surface area contributed by atoms with Crippen LogP contribution in [0.3, 0.4) is 0 Å². The Morgan fingerprint density at radius 3 is 2.86 bits per heavy atom. The molecule has 1 N–H and O–H groups in total. The van der Waals surface area contributed by atoms with Gasteiger partial charge in [-0.2, -0.15) is 0 Å². The van der Waals surface area contributed by atoms with Crippen LogP contribution in [-0.2, 0) is 16.3 Å². The zero-order valence-corrected chi connectivity index (χ0v) is 16.5. The number of carbonyl (C=O) groups is 1. The van der Waals surface area contributed by atoms with Crippen molar-refractivity contribution >= 4 is 40.2 Å². The third-order valence-corrected chi connectivity index (χ3v) is 5.89. The van der Waals surface area contributed by atoms with Crippen molar-refractivity contribution in [1.82, 2.24) is 10.2 Å². The van der Waals surface area contributed by atoms with Crippen LogP contribution in [0.4, 0.5) is 5.13 Å². The maximum Gasteiger partial charge on any atom is 0.250 e. The van der Waals surface area contributed by atoms with Crippen LogP contribution in [0.5, 0.6) is 11.5 Å². The number of fused-ring (bicyclic) bond motifs is 1. The van der Waals surface area contributed by atoms with E-state index in [0.29, 0.717) is 16.6 Å². The Balaban J connectivity index is 1.26. The van der Waals surface area contributed by atoms with Crippen LogP contribution in [-0.4, -0.2) is 22.9 Å². The molecule has 0 radical (unpaired) electrons. The van der Waals surface area contributed by atoms with Crippen LogP contribution in [0, 0.1) is 0 Å². The Hall–Kier alpha value is -2.84. The van der Waals surface area contributed by atoms with Crippen molar-refractivity contribution < 1.29 is 14.3 Å². The first kappa shape index (κ1) is 18.5. The lowest BCUT2D eigenvalue weighted by molar-refractivity contribution is -0.111. The molecule has 3 aromatic rings. The van der Waals surface area contributed by atoms with E-state index in [2.05, 4.69) is 27.6 Å². The Morgan fingerprint density at radius 2 is 1.96 bits per heavy atom. The summed E-state index contributed by atoms with van der Waals surface area (Å²) >= 11 is 3.16. The molecule has 28 heavy (non-hydrogen) atoms. The number of benzene rings is 2. The van der Waals surface area contributed by atoms with Crippen LogP contribution >= 0.6 is 23.1 Å². The number of amides is 1. The summed E-state index contributed by atoms with van der Waals surface area (Å²) in [6.45, 7) is 0.228. The van der Waals surface area contributed by atoms with Crippen LogP contribution in [0.25, 0.3) is 6.08 Å². The summed E-state index contributed by atoms with van der Waals surface area (Å²) in [4.78, 5) is 12.1. The van der Waals surface area contributed by atoms with Gasteiger partial charge in [0.1, 0.15) is 5.01 Å². The molecule has 0 atom stereocenters. The van der Waals surface area contributed by atoms with Gasteiger partial charge >= 0.3 is 0 Å². The summed E-state index contributed by atoms with van der Waals surface area (Å²) in [5.74, 6) is 2.82. The van der Waals surface area contributed by atoms with E-state index in [0.717, 1.165) is 22.1 Å². The minimum absolute atomic E-state index is 0.228. The minimum atomic E-state index is -0.252. The Kier molecular flexibility index (Phi) is 5.89. The minimum Gasteiger partial charge on any atom is -0.454 e. The van der Waals surface area contributed by atoms with Crippen molar-refractivity contribution in [3.63, 3.8) is 0 Å². The molecular weight excluding hydrogens is 394 g/mol. The van der Waals surface area contributed by atoms with Crippen LogP contribution in [0.15, 0.2) is 54.6 Å². The highest BCUT2D eigenvalue weighted by molar-refractivity contribution is 7.97. The summed E-state index contributed by atoms with van der Waals surface area (Å²) in [6, 6.07) is 15.8. The molecular formula is C20H17N3O3S2.